The van der Waals surface area contributed by atoms with Crippen LogP contribution >= 0.6 is 0 Å². The molecule has 1 saturated carbocycles. The van der Waals surface area contributed by atoms with Gasteiger partial charge in [0.05, 0.1) is 6.04 Å². The maximum atomic E-state index is 13.7. The van der Waals surface area contributed by atoms with Crippen LogP contribution in [0, 0.1) is 23.2 Å². The first-order valence-electron chi connectivity index (χ1n) is 13.2. The lowest BCUT2D eigenvalue weighted by Gasteiger charge is -2.35. The average molecular weight is 533 g/mol. The van der Waals surface area contributed by atoms with Crippen LogP contribution in [0.1, 0.15) is 61.3 Å². The minimum absolute atomic E-state index is 0.106. The van der Waals surface area contributed by atoms with Crippen molar-refractivity contribution in [3.8, 4) is 0 Å². The number of fused-ring (bicyclic) bond motifs is 1. The third-order valence-corrected chi connectivity index (χ3v) is 7.29. The van der Waals surface area contributed by atoms with Crippen LogP contribution in [-0.2, 0) is 23.9 Å². The summed E-state index contributed by atoms with van der Waals surface area (Å²) in [7, 11) is 0. The second-order valence-electron chi connectivity index (χ2n) is 12.0. The fourth-order valence-electron chi connectivity index (χ4n) is 5.16. The number of alkyl carbamates (subject to hydrolysis) is 1. The predicted molar refractivity (Wildman–Crippen MR) is 144 cm³/mol. The Kier molecular flexibility index (Phi) is 9.91. The Balaban J connectivity index is 2.27. The molecule has 1 saturated heterocycles. The van der Waals surface area contributed by atoms with Crippen LogP contribution < -0.4 is 16.0 Å². The predicted octanol–water partition coefficient (Wildman–Crippen LogP) is 2.34. The van der Waals surface area contributed by atoms with Gasteiger partial charge in [0.2, 0.25) is 17.6 Å². The van der Waals surface area contributed by atoms with E-state index in [1.54, 1.807) is 26.8 Å². The number of hydrogen-bond acceptors (Lipinski definition) is 6. The zero-order chi connectivity index (χ0) is 29.0. The molecule has 5 atom stereocenters. The van der Waals surface area contributed by atoms with Gasteiger partial charge in [-0.1, -0.05) is 39.8 Å². The van der Waals surface area contributed by atoms with Crippen LogP contribution in [0.25, 0.3) is 0 Å². The lowest BCUT2D eigenvalue weighted by Crippen LogP contribution is -2.59. The largest absolute Gasteiger partial charge is 0.444 e. The summed E-state index contributed by atoms with van der Waals surface area (Å²) in [6.45, 7) is 20.6. The quantitative estimate of drug-likeness (QED) is 0.261. The number of ketones is 1. The van der Waals surface area contributed by atoms with Crippen LogP contribution in [0.2, 0.25) is 0 Å². The summed E-state index contributed by atoms with van der Waals surface area (Å²) in [4.78, 5) is 66.5. The number of carbonyl (C=O) groups is 5. The number of ether oxygens (including phenoxy) is 1. The number of rotatable bonds is 12. The number of allylic oxidation sites excluding steroid dienone is 1. The van der Waals surface area contributed by atoms with Crippen molar-refractivity contribution in [2.24, 2.45) is 23.2 Å². The van der Waals surface area contributed by atoms with Crippen molar-refractivity contribution in [2.75, 3.05) is 13.1 Å². The summed E-state index contributed by atoms with van der Waals surface area (Å²) >= 11 is 0. The fourth-order valence-corrected chi connectivity index (χ4v) is 5.16. The molecule has 1 aliphatic carbocycles. The van der Waals surface area contributed by atoms with Gasteiger partial charge in [-0.05, 0) is 56.8 Å². The summed E-state index contributed by atoms with van der Waals surface area (Å²) in [5.74, 6) is -2.72. The Hall–Kier alpha value is -3.17. The molecule has 38 heavy (non-hydrogen) atoms. The molecule has 2 rings (SSSR count). The monoisotopic (exact) mass is 532 g/mol. The number of Topliss-reactive ketones (excluding diaryl/α,β-unsaturated/α-hetero) is 1. The summed E-state index contributed by atoms with van der Waals surface area (Å²) in [6.07, 6.45) is 2.95. The molecule has 3 N–H and O–H groups in total. The van der Waals surface area contributed by atoms with Gasteiger partial charge in [0, 0.05) is 13.1 Å². The third kappa shape index (κ3) is 7.23. The molecule has 1 aliphatic heterocycles. The molecular formula is C28H44N4O6. The Morgan fingerprint density at radius 3 is 2.24 bits per heavy atom. The Labute approximate surface area is 226 Å². The summed E-state index contributed by atoms with van der Waals surface area (Å²) in [6, 6.07) is -2.80. The molecule has 0 radical (unpaired) electrons. The maximum absolute atomic E-state index is 13.7. The lowest BCUT2D eigenvalue weighted by molar-refractivity contribution is -0.144. The number of likely N-dealkylation sites (tertiary alicyclic amines) is 1. The second-order valence-corrected chi connectivity index (χ2v) is 12.0. The molecule has 0 aromatic rings. The van der Waals surface area contributed by atoms with Crippen molar-refractivity contribution in [1.29, 1.82) is 0 Å². The summed E-state index contributed by atoms with van der Waals surface area (Å²) in [5, 5.41) is 7.86. The van der Waals surface area contributed by atoms with Crippen LogP contribution in [0.3, 0.4) is 0 Å². The van der Waals surface area contributed by atoms with E-state index in [1.165, 1.54) is 11.0 Å². The molecule has 0 bridgehead atoms. The Morgan fingerprint density at radius 1 is 1.08 bits per heavy atom. The van der Waals surface area contributed by atoms with Crippen LogP contribution in [0.4, 0.5) is 4.79 Å². The topological polar surface area (TPSA) is 134 Å². The van der Waals surface area contributed by atoms with E-state index in [0.717, 1.165) is 0 Å². The standard InChI is InChI=1S/C28H44N4O6/c1-10-12-13-18(22(33)24(35)29-14-11-2)30-23(34)21-19-17(28(19,8)9)15-32(21)25(36)20(16(3)4)31-26(37)38-27(5,6)7/h10-11,16-21H,1-2,12-15H2,3-9H3,(H,29,35)(H,30,34)(H,31,37)/t17-,18?,19-,20-,21-/m0/s1. The van der Waals surface area contributed by atoms with Crippen LogP contribution in [0.15, 0.2) is 25.3 Å². The van der Waals surface area contributed by atoms with E-state index in [2.05, 4.69) is 29.1 Å². The number of hydrogen-bond donors (Lipinski definition) is 3. The van der Waals surface area contributed by atoms with E-state index < -0.39 is 47.4 Å². The number of nitrogens with zero attached hydrogens (tertiary/aromatic N) is 1. The van der Waals surface area contributed by atoms with E-state index in [4.69, 9.17) is 4.74 Å². The highest BCUT2D eigenvalue weighted by molar-refractivity contribution is 6.38. The first-order chi connectivity index (χ1) is 17.6. The molecule has 0 spiro atoms. The van der Waals surface area contributed by atoms with Crippen molar-refractivity contribution >= 4 is 29.6 Å². The molecular weight excluding hydrogens is 488 g/mol. The number of piperidine rings is 1. The summed E-state index contributed by atoms with van der Waals surface area (Å²) < 4.78 is 5.35. The summed E-state index contributed by atoms with van der Waals surface area (Å²) in [5.41, 5.74) is -0.895. The van der Waals surface area contributed by atoms with Gasteiger partial charge in [-0.25, -0.2) is 4.79 Å². The first kappa shape index (κ1) is 31.1. The molecule has 10 heteroatoms. The molecule has 2 aliphatic rings. The van der Waals surface area contributed by atoms with Gasteiger partial charge in [-0.3, -0.25) is 19.2 Å². The minimum Gasteiger partial charge on any atom is -0.444 e. The van der Waals surface area contributed by atoms with Crippen molar-refractivity contribution in [2.45, 2.75) is 85.0 Å². The molecule has 2 fully saturated rings. The van der Waals surface area contributed by atoms with Crippen molar-refractivity contribution in [1.82, 2.24) is 20.9 Å². The van der Waals surface area contributed by atoms with E-state index >= 15 is 0 Å². The number of nitrogens with one attached hydrogen (secondary N) is 3. The molecule has 1 heterocycles. The van der Waals surface area contributed by atoms with E-state index in [1.807, 2.05) is 27.7 Å². The Bertz CT molecular complexity index is 967. The van der Waals surface area contributed by atoms with Gasteiger partial charge in [0.1, 0.15) is 17.7 Å². The normalized spacial score (nSPS) is 22.9. The van der Waals surface area contributed by atoms with Gasteiger partial charge < -0.3 is 25.6 Å². The second kappa shape index (κ2) is 12.1. The molecule has 1 unspecified atom stereocenters. The van der Waals surface area contributed by atoms with Gasteiger partial charge >= 0.3 is 6.09 Å². The molecule has 4 amide bonds. The average Bonchev–Trinajstić information content (AvgIpc) is 3.15. The molecule has 0 aromatic carbocycles. The van der Waals surface area contributed by atoms with E-state index in [-0.39, 0.29) is 42.0 Å². The number of carbonyl (C=O) groups excluding carboxylic acids is 5. The van der Waals surface area contributed by atoms with Crippen LogP contribution in [0.5, 0.6) is 0 Å². The van der Waals surface area contributed by atoms with E-state index in [9.17, 15) is 24.0 Å². The first-order valence-corrected chi connectivity index (χ1v) is 13.2. The van der Waals surface area contributed by atoms with E-state index in [0.29, 0.717) is 13.0 Å². The maximum Gasteiger partial charge on any atom is 0.408 e. The zero-order valence-corrected chi connectivity index (χ0v) is 23.8. The van der Waals surface area contributed by atoms with Crippen molar-refractivity contribution < 1.29 is 28.7 Å². The van der Waals surface area contributed by atoms with Gasteiger partial charge in [-0.15, -0.1) is 13.2 Å². The van der Waals surface area contributed by atoms with Crippen molar-refractivity contribution in [3.05, 3.63) is 25.3 Å². The van der Waals surface area contributed by atoms with Gasteiger partial charge in [0.15, 0.2) is 0 Å². The minimum atomic E-state index is -1.07. The number of amides is 4. The van der Waals surface area contributed by atoms with Gasteiger partial charge in [-0.2, -0.15) is 0 Å². The zero-order valence-electron chi connectivity index (χ0n) is 23.8. The lowest BCUT2D eigenvalue weighted by atomic mass is 9.96. The van der Waals surface area contributed by atoms with Gasteiger partial charge in [0.25, 0.3) is 5.91 Å². The SMILES string of the molecule is C=CCCC(NC(=O)[C@@H]1[C@@H]2[C@H](CN1C(=O)[C@@H](NC(=O)OC(C)(C)C)C(C)C)C2(C)C)C(=O)C(=O)NCC=C. The third-order valence-electron chi connectivity index (χ3n) is 7.29. The fraction of sp³-hybridized carbons (Fsp3) is 0.679. The highest BCUT2D eigenvalue weighted by Crippen LogP contribution is 2.65. The van der Waals surface area contributed by atoms with Crippen molar-refractivity contribution in [3.63, 3.8) is 0 Å². The highest BCUT2D eigenvalue weighted by atomic mass is 16.6. The molecule has 0 aromatic heterocycles. The highest BCUT2D eigenvalue weighted by Gasteiger charge is 2.69. The van der Waals surface area contributed by atoms with Crippen LogP contribution in [-0.4, -0.2) is 71.3 Å². The smallest absolute Gasteiger partial charge is 0.408 e. The Morgan fingerprint density at radius 2 is 1.71 bits per heavy atom. The molecule has 212 valence electrons. The molecule has 10 nitrogen and oxygen atoms in total.